The van der Waals surface area contributed by atoms with Gasteiger partial charge in [-0.1, -0.05) is 68.0 Å². The van der Waals surface area contributed by atoms with Crippen LogP contribution in [0.4, 0.5) is 4.79 Å². The maximum atomic E-state index is 11.4. The molecule has 0 rings (SSSR count). The summed E-state index contributed by atoms with van der Waals surface area (Å²) in [6.07, 6.45) is 1.24. The van der Waals surface area contributed by atoms with Gasteiger partial charge in [-0.15, -0.1) is 0 Å². The minimum atomic E-state index is -0.423. The second kappa shape index (κ2) is 16.9. The number of hydrogen-bond acceptors (Lipinski definition) is 6. The summed E-state index contributed by atoms with van der Waals surface area (Å²) >= 11 is 0. The molecule has 1 unspecified atom stereocenters. The lowest BCUT2D eigenvalue weighted by Gasteiger charge is -2.15. The van der Waals surface area contributed by atoms with Crippen LogP contribution in [0.15, 0.2) is 0 Å². The Kier molecular flexibility index (Phi) is 16.5. The number of carbonyl (C=O) groups excluding carboxylic acids is 1. The summed E-state index contributed by atoms with van der Waals surface area (Å²) in [4.78, 5) is 11.4. The summed E-state index contributed by atoms with van der Waals surface area (Å²) in [6, 6.07) is 0.531. The number of alkyl carbamates (subject to hydrolysis) is 1. The molecule has 0 heterocycles. The van der Waals surface area contributed by atoms with Gasteiger partial charge in [0.15, 0.2) is 0 Å². The Bertz CT molecular complexity index is 396. The molecule has 0 spiro atoms. The van der Waals surface area contributed by atoms with Crippen LogP contribution in [0.5, 0.6) is 0 Å². The lowest BCUT2D eigenvalue weighted by molar-refractivity contribution is 0.0867. The molecule has 0 fully saturated rings. The number of carbonyl (C=O) groups is 1. The smallest absolute Gasteiger partial charge is 0.407 e. The Morgan fingerprint density at radius 1 is 1.20 bits per heavy atom. The SMILES string of the molecule is CCC(OCCCOC(=O)NCC#CC(C)C)SSCCNC(C)C. The van der Waals surface area contributed by atoms with E-state index in [1.54, 1.807) is 10.8 Å². The van der Waals surface area contributed by atoms with E-state index in [0.717, 1.165) is 18.7 Å². The normalized spacial score (nSPS) is 12.0. The van der Waals surface area contributed by atoms with Gasteiger partial charge in [-0.3, -0.25) is 0 Å². The van der Waals surface area contributed by atoms with E-state index in [2.05, 4.69) is 43.2 Å². The van der Waals surface area contributed by atoms with Crippen LogP contribution in [-0.4, -0.2) is 49.6 Å². The molecule has 0 aromatic carbocycles. The molecule has 0 radical (unpaired) electrons. The van der Waals surface area contributed by atoms with E-state index in [0.29, 0.717) is 38.1 Å². The van der Waals surface area contributed by atoms with Crippen LogP contribution in [0.3, 0.4) is 0 Å². The van der Waals surface area contributed by atoms with Crippen molar-refractivity contribution in [2.75, 3.05) is 32.1 Å². The Labute approximate surface area is 161 Å². The van der Waals surface area contributed by atoms with E-state index in [1.807, 2.05) is 24.6 Å². The molecule has 0 aliphatic rings. The average Bonchev–Trinajstić information content (AvgIpc) is 2.55. The highest BCUT2D eigenvalue weighted by Gasteiger charge is 2.08. The monoisotopic (exact) mass is 390 g/mol. The van der Waals surface area contributed by atoms with Crippen molar-refractivity contribution in [2.45, 2.75) is 58.9 Å². The molecule has 146 valence electrons. The Morgan fingerprint density at radius 2 is 1.96 bits per heavy atom. The van der Waals surface area contributed by atoms with E-state index in [9.17, 15) is 4.79 Å². The third-order valence-electron chi connectivity index (χ3n) is 2.78. The van der Waals surface area contributed by atoms with Crippen molar-refractivity contribution >= 4 is 27.7 Å². The second-order valence-corrected chi connectivity index (χ2v) is 8.70. The molecular formula is C18H34N2O3S2. The van der Waals surface area contributed by atoms with Crippen LogP contribution < -0.4 is 10.6 Å². The first-order valence-corrected chi connectivity index (χ1v) is 11.4. The standard InChI is InChI=1S/C18H34N2O3S2/c1-6-17(25-24-14-11-19-16(4)5)22-12-8-13-23-18(21)20-10-7-9-15(2)3/h15-17,19H,6,8,10-14H2,1-5H3,(H,20,21). The van der Waals surface area contributed by atoms with Crippen LogP contribution in [0, 0.1) is 17.8 Å². The van der Waals surface area contributed by atoms with Crippen molar-refractivity contribution in [3.05, 3.63) is 0 Å². The van der Waals surface area contributed by atoms with E-state index < -0.39 is 6.09 Å². The second-order valence-electron chi connectivity index (χ2n) is 6.05. The van der Waals surface area contributed by atoms with Crippen molar-refractivity contribution in [1.29, 1.82) is 0 Å². The molecule has 1 atom stereocenters. The van der Waals surface area contributed by atoms with Gasteiger partial charge >= 0.3 is 6.09 Å². The first-order chi connectivity index (χ1) is 12.0. The highest BCUT2D eigenvalue weighted by Crippen LogP contribution is 2.29. The third kappa shape index (κ3) is 18.0. The highest BCUT2D eigenvalue weighted by molar-refractivity contribution is 8.76. The van der Waals surface area contributed by atoms with Crippen LogP contribution >= 0.6 is 21.6 Å². The molecule has 1 amide bonds. The molecule has 0 aromatic heterocycles. The molecule has 0 aromatic rings. The number of rotatable bonds is 13. The first kappa shape index (κ1) is 24.5. The number of ether oxygens (including phenoxy) is 2. The van der Waals surface area contributed by atoms with Crippen molar-refractivity contribution < 1.29 is 14.3 Å². The van der Waals surface area contributed by atoms with Crippen LogP contribution in [-0.2, 0) is 9.47 Å². The third-order valence-corrected chi connectivity index (χ3v) is 5.53. The van der Waals surface area contributed by atoms with Crippen molar-refractivity contribution in [3.63, 3.8) is 0 Å². The zero-order valence-electron chi connectivity index (χ0n) is 16.2. The predicted octanol–water partition coefficient (Wildman–Crippen LogP) is 3.89. The van der Waals surface area contributed by atoms with Gasteiger partial charge in [0.2, 0.25) is 0 Å². The fourth-order valence-corrected chi connectivity index (χ4v) is 3.89. The zero-order valence-corrected chi connectivity index (χ0v) is 17.9. The lowest BCUT2D eigenvalue weighted by atomic mass is 10.2. The minimum absolute atomic E-state index is 0.184. The van der Waals surface area contributed by atoms with Gasteiger partial charge in [-0.25, -0.2) is 4.79 Å². The molecule has 0 saturated heterocycles. The number of hydrogen-bond donors (Lipinski definition) is 2. The average molecular weight is 391 g/mol. The van der Waals surface area contributed by atoms with Gasteiger partial charge in [-0.05, 0) is 6.42 Å². The summed E-state index contributed by atoms with van der Waals surface area (Å²) in [5, 5.41) is 6.00. The fraction of sp³-hybridized carbons (Fsp3) is 0.833. The first-order valence-electron chi connectivity index (χ1n) is 8.98. The van der Waals surface area contributed by atoms with Gasteiger partial charge in [0.25, 0.3) is 0 Å². The molecule has 25 heavy (non-hydrogen) atoms. The van der Waals surface area contributed by atoms with Gasteiger partial charge in [0.05, 0.1) is 19.8 Å². The maximum Gasteiger partial charge on any atom is 0.407 e. The molecule has 7 heteroatoms. The summed E-state index contributed by atoms with van der Waals surface area (Å²) in [5.74, 6) is 7.23. The van der Waals surface area contributed by atoms with E-state index >= 15 is 0 Å². The van der Waals surface area contributed by atoms with Gasteiger partial charge in [0.1, 0.15) is 5.44 Å². The summed E-state index contributed by atoms with van der Waals surface area (Å²) in [5.41, 5.74) is 0.184. The quantitative estimate of drug-likeness (QED) is 0.215. The maximum absolute atomic E-state index is 11.4. The van der Waals surface area contributed by atoms with E-state index in [4.69, 9.17) is 9.47 Å². The fourth-order valence-electron chi connectivity index (χ4n) is 1.59. The largest absolute Gasteiger partial charge is 0.449 e. The molecule has 0 aliphatic heterocycles. The van der Waals surface area contributed by atoms with Crippen molar-refractivity contribution in [2.24, 2.45) is 5.92 Å². The summed E-state index contributed by atoms with van der Waals surface area (Å²) in [6.45, 7) is 12.7. The number of amides is 1. The van der Waals surface area contributed by atoms with Crippen LogP contribution in [0.1, 0.15) is 47.5 Å². The molecule has 2 N–H and O–H groups in total. The molecule has 0 aliphatic carbocycles. The Balaban J connectivity index is 3.57. The van der Waals surface area contributed by atoms with Crippen LogP contribution in [0.2, 0.25) is 0 Å². The predicted molar refractivity (Wildman–Crippen MR) is 110 cm³/mol. The van der Waals surface area contributed by atoms with Crippen molar-refractivity contribution in [3.8, 4) is 11.8 Å². The van der Waals surface area contributed by atoms with Crippen LogP contribution in [0.25, 0.3) is 0 Å². The van der Waals surface area contributed by atoms with E-state index in [-0.39, 0.29) is 5.44 Å². The topological polar surface area (TPSA) is 59.6 Å². The number of nitrogens with one attached hydrogen (secondary N) is 2. The van der Waals surface area contributed by atoms with Gasteiger partial charge < -0.3 is 20.1 Å². The molecule has 0 saturated carbocycles. The zero-order chi connectivity index (χ0) is 18.9. The van der Waals surface area contributed by atoms with E-state index in [1.165, 1.54) is 0 Å². The van der Waals surface area contributed by atoms with Gasteiger partial charge in [-0.2, -0.15) is 0 Å². The highest BCUT2D eigenvalue weighted by atomic mass is 33.1. The molecule has 0 bridgehead atoms. The summed E-state index contributed by atoms with van der Waals surface area (Å²) in [7, 11) is 3.60. The lowest BCUT2D eigenvalue weighted by Crippen LogP contribution is -2.25. The molecular weight excluding hydrogens is 356 g/mol. The Hall–Kier alpha value is -0.550. The molecule has 5 nitrogen and oxygen atoms in total. The van der Waals surface area contributed by atoms with Gasteiger partial charge in [0, 0.05) is 30.7 Å². The Morgan fingerprint density at radius 3 is 2.60 bits per heavy atom. The van der Waals surface area contributed by atoms with Crippen molar-refractivity contribution in [1.82, 2.24) is 10.6 Å². The summed E-state index contributed by atoms with van der Waals surface area (Å²) < 4.78 is 10.9. The minimum Gasteiger partial charge on any atom is -0.449 e.